The highest BCUT2D eigenvalue weighted by Crippen LogP contribution is 2.29. The van der Waals surface area contributed by atoms with Crippen LogP contribution in [0.3, 0.4) is 0 Å². The fraction of sp³-hybridized carbons (Fsp3) is 0.167. The molecule has 7 nitrogen and oxygen atoms in total. The van der Waals surface area contributed by atoms with E-state index in [2.05, 4.69) is 5.32 Å². The molecule has 4 aromatic rings. The Bertz CT molecular complexity index is 1320. The van der Waals surface area contributed by atoms with Crippen molar-refractivity contribution in [2.24, 2.45) is 0 Å². The predicted octanol–water partition coefficient (Wildman–Crippen LogP) is 4.50. The molecular weight excluding hydrogens is 398 g/mol. The van der Waals surface area contributed by atoms with Crippen LogP contribution in [0.1, 0.15) is 12.5 Å². The summed E-state index contributed by atoms with van der Waals surface area (Å²) in [5.41, 5.74) is 1.36. The third-order valence-electron chi connectivity index (χ3n) is 4.82. The Morgan fingerprint density at radius 1 is 0.871 bits per heavy atom. The SMILES string of the molecule is COc1cc(COc2ccc3c(c2)oc(=O)c2cc(NC(C)=O)ccc23)cc(OC)c1. The van der Waals surface area contributed by atoms with E-state index in [1.165, 1.54) is 6.92 Å². The average molecular weight is 419 g/mol. The Balaban J connectivity index is 1.64. The smallest absolute Gasteiger partial charge is 0.344 e. The van der Waals surface area contributed by atoms with E-state index in [0.29, 0.717) is 33.9 Å². The molecule has 0 spiro atoms. The average Bonchev–Trinajstić information content (AvgIpc) is 2.77. The van der Waals surface area contributed by atoms with Crippen molar-refractivity contribution < 1.29 is 23.4 Å². The summed E-state index contributed by atoms with van der Waals surface area (Å²) in [6, 6.07) is 16.0. The van der Waals surface area contributed by atoms with Crippen LogP contribution in [0.15, 0.2) is 63.8 Å². The minimum Gasteiger partial charge on any atom is -0.497 e. The number of rotatable bonds is 6. The number of methoxy groups -OCH3 is 2. The molecule has 0 unspecified atom stereocenters. The first-order chi connectivity index (χ1) is 15.0. The minimum atomic E-state index is -0.482. The highest BCUT2D eigenvalue weighted by molar-refractivity contribution is 6.06. The maximum Gasteiger partial charge on any atom is 0.344 e. The van der Waals surface area contributed by atoms with E-state index in [9.17, 15) is 9.59 Å². The number of anilines is 1. The standard InChI is InChI=1S/C24H21NO6/c1-14(26)25-16-4-6-20-21-7-5-17(12-23(21)31-24(27)22(20)10-16)30-13-15-8-18(28-2)11-19(9-15)29-3/h4-12H,13H2,1-3H3,(H,25,26). The number of amides is 1. The summed E-state index contributed by atoms with van der Waals surface area (Å²) in [4.78, 5) is 23.8. The van der Waals surface area contributed by atoms with Crippen molar-refractivity contribution in [3.05, 3.63) is 70.6 Å². The van der Waals surface area contributed by atoms with Crippen LogP contribution >= 0.6 is 0 Å². The Morgan fingerprint density at radius 3 is 2.26 bits per heavy atom. The second kappa shape index (κ2) is 8.39. The van der Waals surface area contributed by atoms with E-state index < -0.39 is 5.63 Å². The van der Waals surface area contributed by atoms with Gasteiger partial charge in [0.15, 0.2) is 0 Å². The van der Waals surface area contributed by atoms with Crippen LogP contribution in [0.2, 0.25) is 0 Å². The van der Waals surface area contributed by atoms with Crippen LogP contribution < -0.4 is 25.2 Å². The van der Waals surface area contributed by atoms with Gasteiger partial charge in [-0.25, -0.2) is 4.79 Å². The molecule has 0 aliphatic rings. The molecular formula is C24H21NO6. The number of carbonyl (C=O) groups is 1. The van der Waals surface area contributed by atoms with Gasteiger partial charge in [-0.1, -0.05) is 6.07 Å². The molecule has 0 saturated carbocycles. The van der Waals surface area contributed by atoms with Crippen LogP contribution in [0.4, 0.5) is 5.69 Å². The van der Waals surface area contributed by atoms with Crippen molar-refractivity contribution in [2.75, 3.05) is 19.5 Å². The molecule has 7 heteroatoms. The number of hydrogen-bond acceptors (Lipinski definition) is 6. The lowest BCUT2D eigenvalue weighted by atomic mass is 10.1. The first-order valence-corrected chi connectivity index (χ1v) is 9.60. The summed E-state index contributed by atoms with van der Waals surface area (Å²) < 4.78 is 22.0. The molecule has 0 radical (unpaired) electrons. The molecule has 31 heavy (non-hydrogen) atoms. The van der Waals surface area contributed by atoms with Crippen molar-refractivity contribution in [2.45, 2.75) is 13.5 Å². The molecule has 0 aliphatic heterocycles. The van der Waals surface area contributed by atoms with Crippen LogP contribution in [-0.4, -0.2) is 20.1 Å². The molecule has 0 aliphatic carbocycles. The van der Waals surface area contributed by atoms with Crippen LogP contribution in [0.5, 0.6) is 17.2 Å². The molecule has 1 aromatic heterocycles. The van der Waals surface area contributed by atoms with Gasteiger partial charge in [-0.2, -0.15) is 0 Å². The summed E-state index contributed by atoms with van der Waals surface area (Å²) in [6.45, 7) is 1.70. The van der Waals surface area contributed by atoms with E-state index in [-0.39, 0.29) is 12.5 Å². The van der Waals surface area contributed by atoms with Gasteiger partial charge in [0.25, 0.3) is 0 Å². The van der Waals surface area contributed by atoms with Crippen molar-refractivity contribution in [1.82, 2.24) is 0 Å². The second-order valence-corrected chi connectivity index (χ2v) is 7.00. The van der Waals surface area contributed by atoms with Gasteiger partial charge < -0.3 is 23.9 Å². The van der Waals surface area contributed by atoms with Crippen LogP contribution in [0, 0.1) is 0 Å². The maximum atomic E-state index is 12.5. The first kappa shape index (κ1) is 20.3. The molecule has 1 amide bonds. The van der Waals surface area contributed by atoms with Crippen molar-refractivity contribution in [3.63, 3.8) is 0 Å². The Labute approximate surface area is 178 Å². The lowest BCUT2D eigenvalue weighted by Crippen LogP contribution is -2.07. The quantitative estimate of drug-likeness (QED) is 0.366. The minimum absolute atomic E-state index is 0.208. The van der Waals surface area contributed by atoms with Crippen molar-refractivity contribution in [1.29, 1.82) is 0 Å². The zero-order chi connectivity index (χ0) is 22.0. The maximum absolute atomic E-state index is 12.5. The predicted molar refractivity (Wildman–Crippen MR) is 118 cm³/mol. The van der Waals surface area contributed by atoms with Gasteiger partial charge in [0.05, 0.1) is 19.6 Å². The van der Waals surface area contributed by atoms with Crippen molar-refractivity contribution >= 4 is 33.3 Å². The molecule has 158 valence electrons. The number of carbonyl (C=O) groups excluding carboxylic acids is 1. The summed E-state index contributed by atoms with van der Waals surface area (Å²) in [5, 5.41) is 4.59. The highest BCUT2D eigenvalue weighted by atomic mass is 16.5. The Morgan fingerprint density at radius 2 is 1.58 bits per heavy atom. The molecule has 0 atom stereocenters. The van der Waals surface area contributed by atoms with Crippen LogP contribution in [-0.2, 0) is 11.4 Å². The Hall–Kier alpha value is -4.00. The highest BCUT2D eigenvalue weighted by Gasteiger charge is 2.10. The van der Waals surface area contributed by atoms with Crippen molar-refractivity contribution in [3.8, 4) is 17.2 Å². The largest absolute Gasteiger partial charge is 0.497 e. The number of benzene rings is 3. The molecule has 0 saturated heterocycles. The number of ether oxygens (including phenoxy) is 3. The second-order valence-electron chi connectivity index (χ2n) is 7.00. The van der Waals surface area contributed by atoms with Gasteiger partial charge in [0, 0.05) is 35.5 Å². The summed E-state index contributed by atoms with van der Waals surface area (Å²) in [6.07, 6.45) is 0. The topological polar surface area (TPSA) is 87.0 Å². The zero-order valence-electron chi connectivity index (χ0n) is 17.4. The van der Waals surface area contributed by atoms with E-state index in [4.69, 9.17) is 18.6 Å². The molecule has 4 rings (SSSR count). The van der Waals surface area contributed by atoms with Gasteiger partial charge in [-0.15, -0.1) is 0 Å². The Kier molecular flexibility index (Phi) is 5.49. The summed E-state index contributed by atoms with van der Waals surface area (Å²) in [5.74, 6) is 1.70. The summed E-state index contributed by atoms with van der Waals surface area (Å²) in [7, 11) is 3.18. The third-order valence-corrected chi connectivity index (χ3v) is 4.82. The number of nitrogens with one attached hydrogen (secondary N) is 1. The van der Waals surface area contributed by atoms with E-state index in [0.717, 1.165) is 16.3 Å². The lowest BCUT2D eigenvalue weighted by molar-refractivity contribution is -0.114. The van der Waals surface area contributed by atoms with Gasteiger partial charge in [-0.05, 0) is 42.0 Å². The lowest BCUT2D eigenvalue weighted by Gasteiger charge is -2.11. The van der Waals surface area contributed by atoms with Gasteiger partial charge in [-0.3, -0.25) is 4.79 Å². The van der Waals surface area contributed by atoms with Gasteiger partial charge in [0.2, 0.25) is 5.91 Å². The fourth-order valence-electron chi connectivity index (χ4n) is 3.40. The monoisotopic (exact) mass is 419 g/mol. The molecule has 1 heterocycles. The van der Waals surface area contributed by atoms with E-state index >= 15 is 0 Å². The summed E-state index contributed by atoms with van der Waals surface area (Å²) >= 11 is 0. The van der Waals surface area contributed by atoms with Crippen LogP contribution in [0.25, 0.3) is 21.7 Å². The zero-order valence-corrected chi connectivity index (χ0v) is 17.4. The molecule has 3 aromatic carbocycles. The third kappa shape index (κ3) is 4.30. The molecule has 0 fully saturated rings. The number of hydrogen-bond donors (Lipinski definition) is 1. The fourth-order valence-corrected chi connectivity index (χ4v) is 3.40. The van der Waals surface area contributed by atoms with Gasteiger partial charge >= 0.3 is 5.63 Å². The van der Waals surface area contributed by atoms with E-state index in [1.54, 1.807) is 44.6 Å². The number of fused-ring (bicyclic) bond motifs is 3. The normalized spacial score (nSPS) is 10.8. The molecule has 0 bridgehead atoms. The molecule has 1 N–H and O–H groups in total. The van der Waals surface area contributed by atoms with E-state index in [1.807, 2.05) is 24.3 Å². The first-order valence-electron chi connectivity index (χ1n) is 9.60. The van der Waals surface area contributed by atoms with Gasteiger partial charge in [0.1, 0.15) is 29.4 Å².